The first-order valence-electron chi connectivity index (χ1n) is 7.74. The lowest BCUT2D eigenvalue weighted by atomic mass is 9.76. The SMILES string of the molecule is CCCCC1CCC(C(O)c2ccc(Cl)cc2Cl)CC1. The second-order valence-electron chi connectivity index (χ2n) is 6.03. The summed E-state index contributed by atoms with van der Waals surface area (Å²) in [6.07, 6.45) is 8.21. The molecule has 3 heteroatoms. The monoisotopic (exact) mass is 314 g/mol. The largest absolute Gasteiger partial charge is 0.388 e. The van der Waals surface area contributed by atoms with Gasteiger partial charge in [0.1, 0.15) is 0 Å². The summed E-state index contributed by atoms with van der Waals surface area (Å²) in [5.74, 6) is 1.20. The van der Waals surface area contributed by atoms with Gasteiger partial charge in [-0.3, -0.25) is 0 Å². The first kappa shape index (κ1) is 16.1. The van der Waals surface area contributed by atoms with Crippen LogP contribution in [0, 0.1) is 11.8 Å². The smallest absolute Gasteiger partial charge is 0.0832 e. The van der Waals surface area contributed by atoms with Crippen LogP contribution in [0.4, 0.5) is 0 Å². The molecule has 0 amide bonds. The zero-order valence-electron chi connectivity index (χ0n) is 12.1. The molecule has 0 saturated heterocycles. The molecule has 1 aliphatic rings. The van der Waals surface area contributed by atoms with Gasteiger partial charge >= 0.3 is 0 Å². The number of benzene rings is 1. The summed E-state index contributed by atoms with van der Waals surface area (Å²) >= 11 is 12.1. The molecule has 2 rings (SSSR count). The minimum atomic E-state index is -0.452. The first-order chi connectivity index (χ1) is 9.61. The van der Waals surface area contributed by atoms with Crippen molar-refractivity contribution in [2.24, 2.45) is 11.8 Å². The average molecular weight is 315 g/mol. The molecule has 1 saturated carbocycles. The lowest BCUT2D eigenvalue weighted by Crippen LogP contribution is -2.20. The van der Waals surface area contributed by atoms with Crippen LogP contribution in [0.15, 0.2) is 18.2 Å². The van der Waals surface area contributed by atoms with Gasteiger partial charge < -0.3 is 5.11 Å². The summed E-state index contributed by atoms with van der Waals surface area (Å²) in [7, 11) is 0. The van der Waals surface area contributed by atoms with Gasteiger partial charge in [-0.1, -0.05) is 68.3 Å². The molecule has 1 atom stereocenters. The van der Waals surface area contributed by atoms with Gasteiger partial charge in [0.15, 0.2) is 0 Å². The van der Waals surface area contributed by atoms with E-state index >= 15 is 0 Å². The fourth-order valence-corrected chi connectivity index (χ4v) is 3.80. The van der Waals surface area contributed by atoms with Crippen LogP contribution in [-0.4, -0.2) is 5.11 Å². The molecule has 0 aliphatic heterocycles. The second kappa shape index (κ2) is 7.68. The van der Waals surface area contributed by atoms with Crippen molar-refractivity contribution in [3.8, 4) is 0 Å². The number of hydrogen-bond donors (Lipinski definition) is 1. The lowest BCUT2D eigenvalue weighted by Gasteiger charge is -2.32. The molecule has 20 heavy (non-hydrogen) atoms. The van der Waals surface area contributed by atoms with E-state index in [0.29, 0.717) is 16.0 Å². The highest BCUT2D eigenvalue weighted by Gasteiger charge is 2.28. The second-order valence-corrected chi connectivity index (χ2v) is 6.88. The molecular formula is C17H24Cl2O. The highest BCUT2D eigenvalue weighted by molar-refractivity contribution is 6.35. The van der Waals surface area contributed by atoms with E-state index in [1.165, 1.54) is 32.1 Å². The Labute approximate surface area is 132 Å². The summed E-state index contributed by atoms with van der Waals surface area (Å²) in [5.41, 5.74) is 0.827. The van der Waals surface area contributed by atoms with Gasteiger partial charge in [0, 0.05) is 10.0 Å². The Bertz CT molecular complexity index is 425. The molecule has 112 valence electrons. The molecule has 0 radical (unpaired) electrons. The van der Waals surface area contributed by atoms with Crippen LogP contribution in [0.5, 0.6) is 0 Å². The van der Waals surface area contributed by atoms with E-state index in [4.69, 9.17) is 23.2 Å². The van der Waals surface area contributed by atoms with Gasteiger partial charge in [0.2, 0.25) is 0 Å². The minimum absolute atomic E-state index is 0.339. The number of rotatable bonds is 5. The van der Waals surface area contributed by atoms with Crippen molar-refractivity contribution in [2.75, 3.05) is 0 Å². The molecule has 0 aromatic heterocycles. The Morgan fingerprint density at radius 3 is 2.50 bits per heavy atom. The molecule has 1 aromatic carbocycles. The minimum Gasteiger partial charge on any atom is -0.388 e. The standard InChI is InChI=1S/C17H24Cl2O/c1-2-3-4-12-5-7-13(8-6-12)17(20)15-10-9-14(18)11-16(15)19/h9-13,17,20H,2-8H2,1H3. The summed E-state index contributed by atoms with van der Waals surface area (Å²) in [6.45, 7) is 2.25. The topological polar surface area (TPSA) is 20.2 Å². The van der Waals surface area contributed by atoms with Gasteiger partial charge in [0.05, 0.1) is 6.10 Å². The maximum atomic E-state index is 10.6. The van der Waals surface area contributed by atoms with Crippen LogP contribution < -0.4 is 0 Å². The number of aliphatic hydroxyl groups excluding tert-OH is 1. The summed E-state index contributed by atoms with van der Waals surface area (Å²) in [6, 6.07) is 5.38. The maximum Gasteiger partial charge on any atom is 0.0832 e. The highest BCUT2D eigenvalue weighted by atomic mass is 35.5. The van der Waals surface area contributed by atoms with Crippen molar-refractivity contribution in [1.29, 1.82) is 0 Å². The molecule has 1 aromatic rings. The fourth-order valence-electron chi connectivity index (χ4n) is 3.28. The van der Waals surface area contributed by atoms with Crippen LogP contribution in [0.1, 0.15) is 63.5 Å². The fraction of sp³-hybridized carbons (Fsp3) is 0.647. The first-order valence-corrected chi connectivity index (χ1v) is 8.50. The highest BCUT2D eigenvalue weighted by Crippen LogP contribution is 2.40. The van der Waals surface area contributed by atoms with Gasteiger partial charge in [0.25, 0.3) is 0 Å². The molecule has 1 unspecified atom stereocenters. The van der Waals surface area contributed by atoms with E-state index in [1.807, 2.05) is 6.07 Å². The molecule has 1 N–H and O–H groups in total. The van der Waals surface area contributed by atoms with Crippen molar-refractivity contribution in [3.63, 3.8) is 0 Å². The normalized spacial score (nSPS) is 24.6. The van der Waals surface area contributed by atoms with Crippen molar-refractivity contribution < 1.29 is 5.11 Å². The van der Waals surface area contributed by atoms with Crippen LogP contribution >= 0.6 is 23.2 Å². The molecule has 1 fully saturated rings. The van der Waals surface area contributed by atoms with E-state index in [0.717, 1.165) is 24.3 Å². The van der Waals surface area contributed by atoms with E-state index in [9.17, 15) is 5.11 Å². The van der Waals surface area contributed by atoms with E-state index in [2.05, 4.69) is 6.92 Å². The third kappa shape index (κ3) is 4.13. The Morgan fingerprint density at radius 1 is 1.20 bits per heavy atom. The zero-order chi connectivity index (χ0) is 14.5. The summed E-state index contributed by atoms with van der Waals surface area (Å²) in [5, 5.41) is 11.8. The van der Waals surface area contributed by atoms with E-state index < -0.39 is 6.10 Å². The van der Waals surface area contributed by atoms with Crippen molar-refractivity contribution >= 4 is 23.2 Å². The molecule has 0 bridgehead atoms. The van der Waals surface area contributed by atoms with Crippen LogP contribution in [0.2, 0.25) is 10.0 Å². The molecule has 1 nitrogen and oxygen atoms in total. The van der Waals surface area contributed by atoms with Crippen molar-refractivity contribution in [2.45, 2.75) is 58.0 Å². The van der Waals surface area contributed by atoms with Gasteiger partial charge in [-0.25, -0.2) is 0 Å². The quantitative estimate of drug-likeness (QED) is 0.704. The molecule has 1 aliphatic carbocycles. The van der Waals surface area contributed by atoms with Crippen molar-refractivity contribution in [1.82, 2.24) is 0 Å². The number of unbranched alkanes of at least 4 members (excludes halogenated alkanes) is 1. The Hall–Kier alpha value is -0.240. The van der Waals surface area contributed by atoms with Crippen LogP contribution in [0.3, 0.4) is 0 Å². The zero-order valence-corrected chi connectivity index (χ0v) is 13.6. The van der Waals surface area contributed by atoms with Crippen LogP contribution in [0.25, 0.3) is 0 Å². The Morgan fingerprint density at radius 2 is 1.90 bits per heavy atom. The third-order valence-electron chi connectivity index (χ3n) is 4.58. The predicted octanol–water partition coefficient (Wildman–Crippen LogP) is 6.02. The number of hydrogen-bond acceptors (Lipinski definition) is 1. The van der Waals surface area contributed by atoms with Gasteiger partial charge in [-0.2, -0.15) is 0 Å². The van der Waals surface area contributed by atoms with Gasteiger partial charge in [-0.15, -0.1) is 0 Å². The molecule has 0 spiro atoms. The summed E-state index contributed by atoms with van der Waals surface area (Å²) < 4.78 is 0. The summed E-state index contributed by atoms with van der Waals surface area (Å²) in [4.78, 5) is 0. The van der Waals surface area contributed by atoms with Gasteiger partial charge in [-0.05, 0) is 42.4 Å². The van der Waals surface area contributed by atoms with Crippen LogP contribution in [-0.2, 0) is 0 Å². The predicted molar refractivity (Wildman–Crippen MR) is 86.4 cm³/mol. The Kier molecular flexibility index (Phi) is 6.20. The number of aliphatic hydroxyl groups is 1. The third-order valence-corrected chi connectivity index (χ3v) is 5.15. The molecule has 0 heterocycles. The average Bonchev–Trinajstić information content (AvgIpc) is 2.45. The maximum absolute atomic E-state index is 10.6. The van der Waals surface area contributed by atoms with Crippen molar-refractivity contribution in [3.05, 3.63) is 33.8 Å². The number of halogens is 2. The van der Waals surface area contributed by atoms with E-state index in [1.54, 1.807) is 12.1 Å². The Balaban J connectivity index is 1.92. The lowest BCUT2D eigenvalue weighted by molar-refractivity contribution is 0.0721. The van der Waals surface area contributed by atoms with E-state index in [-0.39, 0.29) is 0 Å². The molecular weight excluding hydrogens is 291 g/mol.